The number of carbonyl (C=O) groups excluding carboxylic acids is 2. The molecule has 8 aromatic rings. The largest absolute Gasteiger partial charge is 0.331 e. The highest BCUT2D eigenvalue weighted by Crippen LogP contribution is 2.31. The predicted octanol–water partition coefficient (Wildman–Crippen LogP) is 12.2. The van der Waals surface area contributed by atoms with E-state index in [9.17, 15) is 14.0 Å². The van der Waals surface area contributed by atoms with Crippen LogP contribution in [0.5, 0.6) is 0 Å². The van der Waals surface area contributed by atoms with Gasteiger partial charge in [0.15, 0.2) is 10.3 Å². The molecule has 0 aliphatic heterocycles. The lowest BCUT2D eigenvalue weighted by Gasteiger charge is -2.12. The van der Waals surface area contributed by atoms with Gasteiger partial charge in [0.2, 0.25) is 0 Å². The summed E-state index contributed by atoms with van der Waals surface area (Å²) in [4.78, 5) is 42.1. The van der Waals surface area contributed by atoms with Crippen molar-refractivity contribution in [3.63, 3.8) is 0 Å². The van der Waals surface area contributed by atoms with Gasteiger partial charge in [0.05, 0.1) is 11.4 Å². The molecular weight excluding hydrogens is 796 g/mol. The van der Waals surface area contributed by atoms with Crippen LogP contribution in [0.3, 0.4) is 0 Å². The molecule has 4 aromatic heterocycles. The van der Waals surface area contributed by atoms with Crippen molar-refractivity contribution in [2.24, 2.45) is 0 Å². The van der Waals surface area contributed by atoms with E-state index < -0.39 is 11.8 Å². The summed E-state index contributed by atoms with van der Waals surface area (Å²) in [6.45, 7) is 5.98. The summed E-state index contributed by atoms with van der Waals surface area (Å²) in [5.74, 6) is -0.413. The first-order valence-electron chi connectivity index (χ1n) is 18.6. The number of carbonyl (C=O) groups is 2. The molecule has 0 spiro atoms. The van der Waals surface area contributed by atoms with Gasteiger partial charge >= 0.3 is 12.1 Å². The average Bonchev–Trinajstić information content (AvgIpc) is 3.92. The summed E-state index contributed by atoms with van der Waals surface area (Å²) in [6.07, 6.45) is 7.03. The summed E-state index contributed by atoms with van der Waals surface area (Å²) in [6, 6.07) is 31.6. The second kappa shape index (κ2) is 19.3. The first-order valence-corrected chi connectivity index (χ1v) is 20.3. The highest BCUT2D eigenvalue weighted by atomic mass is 32.1. The number of pyridine rings is 2. The maximum absolute atomic E-state index is 13.3. The molecule has 6 N–H and O–H groups in total. The van der Waals surface area contributed by atoms with E-state index in [-0.39, 0.29) is 6.03 Å². The van der Waals surface area contributed by atoms with Gasteiger partial charge in [-0.25, -0.2) is 23.9 Å². The number of amides is 4. The van der Waals surface area contributed by atoms with E-state index in [1.165, 1.54) is 40.9 Å². The molecule has 4 heterocycles. The third kappa shape index (κ3) is 11.3. The number of halogens is 1. The number of thiazole rings is 2. The Balaban J connectivity index is 0.000000181. The van der Waals surface area contributed by atoms with Gasteiger partial charge in [-0.2, -0.15) is 0 Å². The van der Waals surface area contributed by atoms with Crippen molar-refractivity contribution in [1.82, 2.24) is 19.9 Å². The molecule has 300 valence electrons. The van der Waals surface area contributed by atoms with Gasteiger partial charge in [-0.1, -0.05) is 35.9 Å². The fraction of sp³-hybridized carbons (Fsp3) is 0.0667. The maximum Gasteiger partial charge on any atom is 0.323 e. The summed E-state index contributed by atoms with van der Waals surface area (Å²) in [7, 11) is 0. The lowest BCUT2D eigenvalue weighted by Crippen LogP contribution is -2.19. The highest BCUT2D eigenvalue weighted by Gasteiger charge is 2.11. The normalized spacial score (nSPS) is 10.5. The van der Waals surface area contributed by atoms with Crippen molar-refractivity contribution in [1.29, 1.82) is 0 Å². The lowest BCUT2D eigenvalue weighted by atomic mass is 10.2. The Hall–Kier alpha value is -7.49. The number of hydrogen-bond donors (Lipinski definition) is 6. The lowest BCUT2D eigenvalue weighted by molar-refractivity contribution is 0.261. The minimum absolute atomic E-state index is 0.290. The zero-order chi connectivity index (χ0) is 41.8. The van der Waals surface area contributed by atoms with E-state index in [1.54, 1.807) is 36.9 Å². The van der Waals surface area contributed by atoms with Gasteiger partial charge in [-0.05, 0) is 111 Å². The zero-order valence-corrected chi connectivity index (χ0v) is 34.3. The first-order chi connectivity index (χ1) is 29.1. The van der Waals surface area contributed by atoms with Gasteiger partial charge in [-0.3, -0.25) is 9.97 Å². The molecule has 0 aliphatic carbocycles. The van der Waals surface area contributed by atoms with Gasteiger partial charge in [0, 0.05) is 80.8 Å². The van der Waals surface area contributed by atoms with Gasteiger partial charge in [0.1, 0.15) is 5.82 Å². The number of urea groups is 2. The highest BCUT2D eigenvalue weighted by molar-refractivity contribution is 7.14. The number of anilines is 8. The third-order valence-corrected chi connectivity index (χ3v) is 10.3. The van der Waals surface area contributed by atoms with Crippen molar-refractivity contribution >= 4 is 79.1 Å². The number of benzene rings is 4. The second-order valence-corrected chi connectivity index (χ2v) is 15.1. The van der Waals surface area contributed by atoms with Crippen molar-refractivity contribution in [3.05, 3.63) is 167 Å². The predicted molar refractivity (Wildman–Crippen MR) is 242 cm³/mol. The van der Waals surface area contributed by atoms with Crippen LogP contribution < -0.4 is 31.9 Å². The molecule has 0 fully saturated rings. The van der Waals surface area contributed by atoms with E-state index >= 15 is 0 Å². The van der Waals surface area contributed by atoms with Crippen molar-refractivity contribution in [2.75, 3.05) is 31.9 Å². The number of nitrogens with zero attached hydrogens (tertiary/aromatic N) is 4. The minimum Gasteiger partial charge on any atom is -0.331 e. The molecule has 12 nitrogen and oxygen atoms in total. The van der Waals surface area contributed by atoms with Crippen LogP contribution in [0.2, 0.25) is 0 Å². The molecule has 0 bridgehead atoms. The van der Waals surface area contributed by atoms with Crippen LogP contribution in [0.25, 0.3) is 22.5 Å². The van der Waals surface area contributed by atoms with E-state index in [1.807, 2.05) is 110 Å². The van der Waals surface area contributed by atoms with Crippen LogP contribution in [0.4, 0.5) is 58.4 Å². The van der Waals surface area contributed by atoms with Crippen molar-refractivity contribution in [3.8, 4) is 22.5 Å². The van der Waals surface area contributed by atoms with E-state index in [4.69, 9.17) is 0 Å². The Morgan fingerprint density at radius 1 is 0.533 bits per heavy atom. The van der Waals surface area contributed by atoms with E-state index in [0.717, 1.165) is 66.5 Å². The topological polar surface area (TPSA) is 158 Å². The summed E-state index contributed by atoms with van der Waals surface area (Å²) >= 11 is 3.01. The summed E-state index contributed by atoms with van der Waals surface area (Å²) < 4.78 is 13.3. The van der Waals surface area contributed by atoms with Crippen LogP contribution in [0.15, 0.2) is 145 Å². The standard InChI is InChI=1S/C23H21N5OS.C22H18FN5OS/c1-15-5-8-18(9-6-15)25-22(29)26-19-10-7-16(2)20(12-19)27-23-28-21(14-30-23)17-4-3-11-24-13-17;1-14-7-8-18(26-21(29)25-17-6-2-5-16(23)10-17)11-19(14)27-22-28-20(13-30-22)15-4-3-9-24-12-15/h3-14H,1-2H3,(H,27,28)(H2,25,26,29);2-13H,1H3,(H,27,28)(H2,25,26,29). The summed E-state index contributed by atoms with van der Waals surface area (Å²) in [5.41, 5.74) is 11.0. The smallest absolute Gasteiger partial charge is 0.323 e. The molecule has 60 heavy (non-hydrogen) atoms. The number of aryl methyl sites for hydroxylation is 3. The molecule has 8 rings (SSSR count). The average molecular weight is 835 g/mol. The minimum atomic E-state index is -0.455. The zero-order valence-electron chi connectivity index (χ0n) is 32.7. The fourth-order valence-corrected chi connectivity index (χ4v) is 7.11. The molecule has 0 radical (unpaired) electrons. The van der Waals surface area contributed by atoms with Gasteiger partial charge < -0.3 is 31.9 Å². The Bertz CT molecular complexity index is 2710. The molecule has 4 amide bonds. The Morgan fingerprint density at radius 2 is 1.00 bits per heavy atom. The molecule has 0 saturated carbocycles. The molecule has 0 aliphatic rings. The van der Waals surface area contributed by atoms with Crippen LogP contribution in [0.1, 0.15) is 16.7 Å². The quantitative estimate of drug-likeness (QED) is 0.0795. The Labute approximate surface area is 354 Å². The number of aromatic nitrogens is 4. The van der Waals surface area contributed by atoms with Crippen molar-refractivity contribution < 1.29 is 14.0 Å². The summed E-state index contributed by atoms with van der Waals surface area (Å²) in [5, 5.41) is 23.2. The number of nitrogens with one attached hydrogen (secondary N) is 6. The Kier molecular flexibility index (Phi) is 13.1. The fourth-order valence-electron chi connectivity index (χ4n) is 5.65. The van der Waals surface area contributed by atoms with Crippen LogP contribution >= 0.6 is 22.7 Å². The molecular formula is C45H39FN10O2S2. The molecule has 15 heteroatoms. The van der Waals surface area contributed by atoms with Crippen molar-refractivity contribution in [2.45, 2.75) is 20.8 Å². The van der Waals surface area contributed by atoms with Gasteiger partial charge in [-0.15, -0.1) is 22.7 Å². The molecule has 4 aromatic carbocycles. The Morgan fingerprint density at radius 3 is 1.47 bits per heavy atom. The van der Waals surface area contributed by atoms with Crippen LogP contribution in [-0.4, -0.2) is 32.0 Å². The number of rotatable bonds is 10. The first kappa shape index (κ1) is 40.7. The van der Waals surface area contributed by atoms with Crippen LogP contribution in [-0.2, 0) is 0 Å². The molecule has 0 atom stereocenters. The second-order valence-electron chi connectivity index (χ2n) is 13.4. The SMILES string of the molecule is Cc1ccc(NC(=O)Nc2ccc(C)c(Nc3nc(-c4cccnc4)cs3)c2)cc1.Cc1ccc(NC(=O)Nc2cccc(F)c2)cc1Nc1nc(-c2cccnc2)cs1. The third-order valence-electron chi connectivity index (χ3n) is 8.79. The molecule has 0 unspecified atom stereocenters. The van der Waals surface area contributed by atoms with E-state index in [0.29, 0.717) is 17.1 Å². The molecule has 0 saturated heterocycles. The van der Waals surface area contributed by atoms with E-state index in [2.05, 4.69) is 51.8 Å². The monoisotopic (exact) mass is 834 g/mol. The number of hydrogen-bond acceptors (Lipinski definition) is 10. The maximum atomic E-state index is 13.3. The van der Waals surface area contributed by atoms with Gasteiger partial charge in [0.25, 0.3) is 0 Å². The van der Waals surface area contributed by atoms with Crippen LogP contribution in [0, 0.1) is 26.6 Å².